The summed E-state index contributed by atoms with van der Waals surface area (Å²) in [5, 5.41) is 2.79. The van der Waals surface area contributed by atoms with Crippen molar-refractivity contribution >= 4 is 17.7 Å². The molecule has 2 heterocycles. The summed E-state index contributed by atoms with van der Waals surface area (Å²) in [7, 11) is 0. The molecule has 1 aliphatic heterocycles. The average Bonchev–Trinajstić information content (AvgIpc) is 3.28. The van der Waals surface area contributed by atoms with Gasteiger partial charge in [-0.25, -0.2) is 4.79 Å². The Morgan fingerprint density at radius 2 is 1.89 bits per heavy atom. The monoisotopic (exact) mass is 365 g/mol. The van der Waals surface area contributed by atoms with Crippen molar-refractivity contribution in [1.29, 1.82) is 0 Å². The van der Waals surface area contributed by atoms with E-state index in [4.69, 9.17) is 0 Å². The summed E-state index contributed by atoms with van der Waals surface area (Å²) >= 11 is 0. The Balaban J connectivity index is 1.60. The first-order chi connectivity index (χ1) is 12.8. The van der Waals surface area contributed by atoms with Crippen LogP contribution in [0.5, 0.6) is 0 Å². The molecule has 1 fully saturated rings. The highest BCUT2D eigenvalue weighted by Crippen LogP contribution is 2.32. The molecule has 2 aromatic rings. The number of fused-ring (bicyclic) bond motifs is 1. The molecule has 3 amide bonds. The quantitative estimate of drug-likeness (QED) is 0.646. The third kappa shape index (κ3) is 2.76. The van der Waals surface area contributed by atoms with Gasteiger partial charge in [0, 0.05) is 17.0 Å². The van der Waals surface area contributed by atoms with Crippen molar-refractivity contribution in [2.24, 2.45) is 0 Å². The Hall–Kier alpha value is -2.89. The number of H-pyrrole nitrogens is 1. The van der Waals surface area contributed by atoms with Crippen LogP contribution in [0.2, 0.25) is 0 Å². The van der Waals surface area contributed by atoms with Crippen LogP contribution >= 0.6 is 0 Å². The van der Waals surface area contributed by atoms with Crippen molar-refractivity contribution in [1.82, 2.24) is 15.2 Å². The highest BCUT2D eigenvalue weighted by Gasteiger charge is 2.49. The molecular formula is C21H23N3O3. The molecule has 2 N–H and O–H groups in total. The molecule has 4 rings (SSSR count). The predicted octanol–water partition coefficient (Wildman–Crippen LogP) is 2.77. The zero-order valence-corrected chi connectivity index (χ0v) is 15.8. The number of aromatic nitrogens is 1. The van der Waals surface area contributed by atoms with Gasteiger partial charge in [-0.05, 0) is 62.8 Å². The molecule has 6 nitrogen and oxygen atoms in total. The molecule has 1 aliphatic carbocycles. The molecule has 0 unspecified atom stereocenters. The van der Waals surface area contributed by atoms with E-state index >= 15 is 0 Å². The number of carbonyl (C=O) groups excluding carboxylic acids is 3. The number of imide groups is 1. The van der Waals surface area contributed by atoms with Crippen molar-refractivity contribution in [2.75, 3.05) is 6.54 Å². The summed E-state index contributed by atoms with van der Waals surface area (Å²) in [6, 6.07) is 7.19. The number of urea groups is 1. The number of amides is 3. The number of aromatic amines is 1. The van der Waals surface area contributed by atoms with Gasteiger partial charge in [-0.2, -0.15) is 0 Å². The smallest absolute Gasteiger partial charge is 0.325 e. The highest BCUT2D eigenvalue weighted by molar-refractivity contribution is 6.11. The summed E-state index contributed by atoms with van der Waals surface area (Å²) in [5.74, 6) is -0.637. The molecule has 1 aromatic heterocycles. The molecule has 27 heavy (non-hydrogen) atoms. The van der Waals surface area contributed by atoms with Gasteiger partial charge in [0.2, 0.25) is 0 Å². The van der Waals surface area contributed by atoms with Gasteiger partial charge in [0.15, 0.2) is 5.78 Å². The van der Waals surface area contributed by atoms with Gasteiger partial charge >= 0.3 is 6.03 Å². The molecule has 0 radical (unpaired) electrons. The number of hydrogen-bond acceptors (Lipinski definition) is 3. The Morgan fingerprint density at radius 3 is 2.59 bits per heavy atom. The second-order valence-electron chi connectivity index (χ2n) is 7.70. The van der Waals surface area contributed by atoms with Crippen LogP contribution in [-0.4, -0.2) is 34.2 Å². The standard InChI is InChI=1S/C21H23N3O3/c1-12-9-17(13(2)22-12)18(25)11-24-19(26)21(3,23-20(24)27)16-8-7-14-5-4-6-15(14)10-16/h7-10,22H,4-6,11H2,1-3H3,(H,23,27)/t21-/m1/s1. The van der Waals surface area contributed by atoms with Crippen molar-refractivity contribution in [2.45, 2.75) is 45.6 Å². The van der Waals surface area contributed by atoms with Crippen molar-refractivity contribution in [3.05, 3.63) is 57.9 Å². The average molecular weight is 365 g/mol. The fourth-order valence-corrected chi connectivity index (χ4v) is 4.16. The van der Waals surface area contributed by atoms with Crippen LogP contribution in [0.25, 0.3) is 0 Å². The zero-order valence-electron chi connectivity index (χ0n) is 15.8. The van der Waals surface area contributed by atoms with E-state index < -0.39 is 11.6 Å². The van der Waals surface area contributed by atoms with Crippen LogP contribution in [0.15, 0.2) is 24.3 Å². The summed E-state index contributed by atoms with van der Waals surface area (Å²) in [4.78, 5) is 42.3. The highest BCUT2D eigenvalue weighted by atomic mass is 16.2. The number of hydrogen-bond donors (Lipinski definition) is 2. The lowest BCUT2D eigenvalue weighted by Gasteiger charge is -2.23. The van der Waals surface area contributed by atoms with Crippen LogP contribution in [0.1, 0.15) is 51.8 Å². The maximum absolute atomic E-state index is 13.1. The van der Waals surface area contributed by atoms with Crippen LogP contribution in [0.4, 0.5) is 4.79 Å². The van der Waals surface area contributed by atoms with Gasteiger partial charge in [0.1, 0.15) is 5.54 Å². The molecule has 2 aliphatic rings. The summed E-state index contributed by atoms with van der Waals surface area (Å²) < 4.78 is 0. The topological polar surface area (TPSA) is 82.3 Å². The van der Waals surface area contributed by atoms with E-state index in [1.54, 1.807) is 19.9 Å². The van der Waals surface area contributed by atoms with Crippen molar-refractivity contribution in [3.63, 3.8) is 0 Å². The van der Waals surface area contributed by atoms with Crippen LogP contribution < -0.4 is 5.32 Å². The third-order valence-electron chi connectivity index (χ3n) is 5.70. The molecule has 0 saturated carbocycles. The van der Waals surface area contributed by atoms with E-state index in [1.807, 2.05) is 25.1 Å². The number of rotatable bonds is 4. The normalized spacial score (nSPS) is 21.5. The number of ketones is 1. The van der Waals surface area contributed by atoms with Gasteiger partial charge in [-0.15, -0.1) is 0 Å². The van der Waals surface area contributed by atoms with Gasteiger partial charge in [0.05, 0.1) is 6.54 Å². The molecule has 6 heteroatoms. The fraction of sp³-hybridized carbons (Fsp3) is 0.381. The number of nitrogens with zero attached hydrogens (tertiary/aromatic N) is 1. The lowest BCUT2D eigenvalue weighted by atomic mass is 9.89. The van der Waals surface area contributed by atoms with Crippen LogP contribution in [0, 0.1) is 13.8 Å². The molecule has 1 atom stereocenters. The minimum atomic E-state index is -1.14. The largest absolute Gasteiger partial charge is 0.362 e. The van der Waals surface area contributed by atoms with Gasteiger partial charge in [0.25, 0.3) is 5.91 Å². The maximum Gasteiger partial charge on any atom is 0.325 e. The summed E-state index contributed by atoms with van der Waals surface area (Å²) in [6.45, 7) is 5.12. The van der Waals surface area contributed by atoms with E-state index in [0.29, 0.717) is 5.56 Å². The SMILES string of the molecule is Cc1cc(C(=O)CN2C(=O)N[C@](C)(c3ccc4c(c3)CCC4)C2=O)c(C)[nH]1. The second kappa shape index (κ2) is 6.08. The van der Waals surface area contributed by atoms with E-state index in [-0.39, 0.29) is 18.2 Å². The molecule has 0 bridgehead atoms. The number of carbonyl (C=O) groups is 3. The summed E-state index contributed by atoms with van der Waals surface area (Å²) in [5.41, 5.74) is 4.30. The van der Waals surface area contributed by atoms with Crippen molar-refractivity contribution < 1.29 is 14.4 Å². The Labute approximate surface area is 157 Å². The molecule has 1 saturated heterocycles. The third-order valence-corrected chi connectivity index (χ3v) is 5.70. The Kier molecular flexibility index (Phi) is 3.94. The van der Waals surface area contributed by atoms with Gasteiger partial charge < -0.3 is 10.3 Å². The maximum atomic E-state index is 13.1. The minimum Gasteiger partial charge on any atom is -0.362 e. The minimum absolute atomic E-state index is 0.251. The number of Topliss-reactive ketones (excluding diaryl/α,β-unsaturated/α-hetero) is 1. The van der Waals surface area contributed by atoms with Crippen LogP contribution in [0.3, 0.4) is 0 Å². The van der Waals surface area contributed by atoms with Crippen LogP contribution in [-0.2, 0) is 23.2 Å². The van der Waals surface area contributed by atoms with E-state index in [9.17, 15) is 14.4 Å². The molecule has 0 spiro atoms. The number of aryl methyl sites for hydroxylation is 4. The lowest BCUT2D eigenvalue weighted by Crippen LogP contribution is -2.41. The molecule has 1 aromatic carbocycles. The first kappa shape index (κ1) is 17.5. The van der Waals surface area contributed by atoms with E-state index in [0.717, 1.165) is 41.1 Å². The lowest BCUT2D eigenvalue weighted by molar-refractivity contribution is -0.130. The Bertz CT molecular complexity index is 975. The first-order valence-electron chi connectivity index (χ1n) is 9.25. The van der Waals surface area contributed by atoms with Gasteiger partial charge in [-0.3, -0.25) is 14.5 Å². The first-order valence-corrected chi connectivity index (χ1v) is 9.25. The predicted molar refractivity (Wildman–Crippen MR) is 101 cm³/mol. The fourth-order valence-electron chi connectivity index (χ4n) is 4.16. The summed E-state index contributed by atoms with van der Waals surface area (Å²) in [6.07, 6.45) is 3.17. The van der Waals surface area contributed by atoms with E-state index in [2.05, 4.69) is 10.3 Å². The van der Waals surface area contributed by atoms with Gasteiger partial charge in [-0.1, -0.05) is 18.2 Å². The number of benzene rings is 1. The molecule has 140 valence electrons. The zero-order chi connectivity index (χ0) is 19.3. The Morgan fingerprint density at radius 1 is 1.15 bits per heavy atom. The van der Waals surface area contributed by atoms with Crippen molar-refractivity contribution in [3.8, 4) is 0 Å². The second-order valence-corrected chi connectivity index (χ2v) is 7.70. The number of nitrogens with one attached hydrogen (secondary N) is 2. The molecular weight excluding hydrogens is 342 g/mol. The van der Waals surface area contributed by atoms with E-state index in [1.165, 1.54) is 11.1 Å².